The summed E-state index contributed by atoms with van der Waals surface area (Å²) in [5.41, 5.74) is 6.21. The van der Waals surface area contributed by atoms with Crippen LogP contribution in [-0.4, -0.2) is 41.7 Å². The Kier molecular flexibility index (Phi) is 11.1. The lowest BCUT2D eigenvalue weighted by Crippen LogP contribution is -2.46. The Morgan fingerprint density at radius 1 is 0.824 bits per heavy atom. The van der Waals surface area contributed by atoms with E-state index in [-0.39, 0.29) is 0 Å². The van der Waals surface area contributed by atoms with Crippen molar-refractivity contribution in [1.82, 2.24) is 10.9 Å². The molecule has 0 unspecified atom stereocenters. The van der Waals surface area contributed by atoms with E-state index in [2.05, 4.69) is 17.8 Å². The maximum Gasteiger partial charge on any atom is 0.500 e. The smallest absolute Gasteiger partial charge is 0.374 e. The molecule has 0 saturated carbocycles. The van der Waals surface area contributed by atoms with Crippen molar-refractivity contribution in [2.45, 2.75) is 40.2 Å². The maximum absolute atomic E-state index is 5.76. The zero-order valence-corrected chi connectivity index (χ0v) is 12.7. The van der Waals surface area contributed by atoms with Crippen LogP contribution in [0.5, 0.6) is 0 Å². The van der Waals surface area contributed by atoms with Crippen molar-refractivity contribution in [2.24, 2.45) is 0 Å². The highest BCUT2D eigenvalue weighted by atomic mass is 28.4. The predicted octanol–water partition coefficient (Wildman–Crippen LogP) is 1.54. The number of hydrazine groups is 1. The molecule has 0 saturated heterocycles. The van der Waals surface area contributed by atoms with Gasteiger partial charge in [0.2, 0.25) is 0 Å². The molecule has 5 nitrogen and oxygen atoms in total. The Morgan fingerprint density at radius 2 is 1.35 bits per heavy atom. The van der Waals surface area contributed by atoms with E-state index in [0.717, 1.165) is 25.6 Å². The van der Waals surface area contributed by atoms with Crippen LogP contribution < -0.4 is 10.9 Å². The van der Waals surface area contributed by atoms with Crippen LogP contribution in [0.4, 0.5) is 0 Å². The van der Waals surface area contributed by atoms with Gasteiger partial charge in [-0.2, -0.15) is 0 Å². The summed E-state index contributed by atoms with van der Waals surface area (Å²) in [4.78, 5) is 0. The zero-order chi connectivity index (χ0) is 13.0. The molecule has 17 heavy (non-hydrogen) atoms. The van der Waals surface area contributed by atoms with Crippen LogP contribution in [-0.2, 0) is 13.3 Å². The summed E-state index contributed by atoms with van der Waals surface area (Å²) >= 11 is 0. The van der Waals surface area contributed by atoms with Gasteiger partial charge in [-0.25, -0.2) is 0 Å². The van der Waals surface area contributed by atoms with E-state index >= 15 is 0 Å². The second-order valence-electron chi connectivity index (χ2n) is 3.54. The van der Waals surface area contributed by atoms with Gasteiger partial charge in [0, 0.05) is 39.0 Å². The molecule has 2 N–H and O–H groups in total. The largest absolute Gasteiger partial charge is 0.500 e. The molecule has 0 radical (unpaired) electrons. The molecule has 0 spiro atoms. The third-order valence-corrected chi connectivity index (χ3v) is 5.33. The van der Waals surface area contributed by atoms with Gasteiger partial charge in [-0.1, -0.05) is 6.92 Å². The van der Waals surface area contributed by atoms with Crippen molar-refractivity contribution in [3.8, 4) is 0 Å². The van der Waals surface area contributed by atoms with Crippen LogP contribution >= 0.6 is 0 Å². The van der Waals surface area contributed by atoms with Crippen molar-refractivity contribution < 1.29 is 13.3 Å². The van der Waals surface area contributed by atoms with Crippen LogP contribution in [0.1, 0.15) is 34.1 Å². The number of hydrogen-bond acceptors (Lipinski definition) is 5. The number of hydrogen-bond donors (Lipinski definition) is 2. The van der Waals surface area contributed by atoms with E-state index in [1.807, 2.05) is 20.8 Å². The van der Waals surface area contributed by atoms with Gasteiger partial charge in [0.15, 0.2) is 0 Å². The molecule has 6 heteroatoms. The standard InChI is InChI=1S/C11H28N2O3Si/c1-5-12-13-10-9-11-17(14-6-2,15-7-3)16-8-4/h12-13H,5-11H2,1-4H3. The predicted molar refractivity (Wildman–Crippen MR) is 71.7 cm³/mol. The van der Waals surface area contributed by atoms with Gasteiger partial charge in [-0.15, -0.1) is 0 Å². The zero-order valence-electron chi connectivity index (χ0n) is 11.7. The Morgan fingerprint density at radius 3 is 1.76 bits per heavy atom. The average molecular weight is 264 g/mol. The van der Waals surface area contributed by atoms with E-state index in [1.165, 1.54) is 0 Å². The first-order valence-electron chi connectivity index (χ1n) is 6.62. The molecule has 0 amide bonds. The lowest BCUT2D eigenvalue weighted by Gasteiger charge is -2.28. The third-order valence-electron chi connectivity index (χ3n) is 2.18. The summed E-state index contributed by atoms with van der Waals surface area (Å²) in [6.45, 7) is 11.8. The quantitative estimate of drug-likeness (QED) is 0.318. The highest BCUT2D eigenvalue weighted by molar-refractivity contribution is 6.60. The fourth-order valence-corrected chi connectivity index (χ4v) is 4.22. The second-order valence-corrected chi connectivity index (χ2v) is 6.27. The van der Waals surface area contributed by atoms with Gasteiger partial charge in [0.25, 0.3) is 0 Å². The SMILES string of the molecule is CCNNCCC[Si](OCC)(OCC)OCC. The van der Waals surface area contributed by atoms with Gasteiger partial charge in [0.05, 0.1) is 0 Å². The molecule has 0 heterocycles. The second kappa shape index (κ2) is 11.1. The van der Waals surface area contributed by atoms with Crippen molar-refractivity contribution in [3.63, 3.8) is 0 Å². The Labute approximate surface area is 107 Å². The summed E-state index contributed by atoms with van der Waals surface area (Å²) in [5, 5.41) is 0. The molecule has 0 rings (SSSR count). The average Bonchev–Trinajstić information content (AvgIpc) is 2.30. The molecule has 104 valence electrons. The molecule has 0 bridgehead atoms. The van der Waals surface area contributed by atoms with Gasteiger partial charge in [-0.3, -0.25) is 10.9 Å². The fraction of sp³-hybridized carbons (Fsp3) is 1.00. The third kappa shape index (κ3) is 7.85. The van der Waals surface area contributed by atoms with Gasteiger partial charge in [-0.05, 0) is 27.2 Å². The minimum atomic E-state index is -2.42. The number of rotatable bonds is 12. The molecule has 0 aliphatic heterocycles. The Hall–Kier alpha value is 0.0169. The van der Waals surface area contributed by atoms with Crippen LogP contribution in [0.2, 0.25) is 6.04 Å². The molecular weight excluding hydrogens is 236 g/mol. The summed E-state index contributed by atoms with van der Waals surface area (Å²) in [6, 6.07) is 0.862. The Balaban J connectivity index is 4.05. The first-order valence-corrected chi connectivity index (χ1v) is 8.55. The minimum Gasteiger partial charge on any atom is -0.374 e. The molecular formula is C11H28N2O3Si. The summed E-state index contributed by atoms with van der Waals surface area (Å²) in [6.07, 6.45) is 0.985. The van der Waals surface area contributed by atoms with E-state index in [0.29, 0.717) is 19.8 Å². The van der Waals surface area contributed by atoms with Crippen LogP contribution in [0.15, 0.2) is 0 Å². The van der Waals surface area contributed by atoms with Crippen molar-refractivity contribution in [3.05, 3.63) is 0 Å². The summed E-state index contributed by atoms with van der Waals surface area (Å²) < 4.78 is 17.3. The molecule has 0 aromatic rings. The van der Waals surface area contributed by atoms with E-state index in [4.69, 9.17) is 13.3 Å². The highest BCUT2D eigenvalue weighted by Gasteiger charge is 2.39. The summed E-state index contributed by atoms with van der Waals surface area (Å²) in [5.74, 6) is 0. The summed E-state index contributed by atoms with van der Waals surface area (Å²) in [7, 11) is -2.42. The molecule has 0 fully saturated rings. The molecule has 0 aromatic carbocycles. The first-order chi connectivity index (χ1) is 8.24. The Bertz CT molecular complexity index is 156. The van der Waals surface area contributed by atoms with Crippen molar-refractivity contribution in [2.75, 3.05) is 32.9 Å². The normalized spacial score (nSPS) is 12.0. The molecule has 0 aliphatic carbocycles. The van der Waals surface area contributed by atoms with Crippen LogP contribution in [0.3, 0.4) is 0 Å². The molecule has 0 aromatic heterocycles. The van der Waals surface area contributed by atoms with Crippen LogP contribution in [0.25, 0.3) is 0 Å². The number of nitrogens with one attached hydrogen (secondary N) is 2. The monoisotopic (exact) mass is 264 g/mol. The topological polar surface area (TPSA) is 51.8 Å². The van der Waals surface area contributed by atoms with Gasteiger partial charge >= 0.3 is 8.80 Å². The van der Waals surface area contributed by atoms with E-state index < -0.39 is 8.80 Å². The molecule has 0 atom stereocenters. The van der Waals surface area contributed by atoms with Crippen LogP contribution in [0, 0.1) is 0 Å². The van der Waals surface area contributed by atoms with Crippen molar-refractivity contribution >= 4 is 8.80 Å². The maximum atomic E-state index is 5.76. The minimum absolute atomic E-state index is 0.646. The lowest BCUT2D eigenvalue weighted by molar-refractivity contribution is 0.0708. The van der Waals surface area contributed by atoms with E-state index in [1.54, 1.807) is 0 Å². The van der Waals surface area contributed by atoms with Gasteiger partial charge in [0.1, 0.15) is 0 Å². The first kappa shape index (κ1) is 17.0. The lowest BCUT2D eigenvalue weighted by atomic mass is 10.5. The van der Waals surface area contributed by atoms with Crippen molar-refractivity contribution in [1.29, 1.82) is 0 Å². The van der Waals surface area contributed by atoms with E-state index in [9.17, 15) is 0 Å². The fourth-order valence-electron chi connectivity index (χ4n) is 1.61. The van der Waals surface area contributed by atoms with Gasteiger partial charge < -0.3 is 13.3 Å². The highest BCUT2D eigenvalue weighted by Crippen LogP contribution is 2.17. The molecule has 0 aliphatic rings.